The van der Waals surface area contributed by atoms with Crippen molar-refractivity contribution in [1.82, 2.24) is 4.90 Å². The molecule has 1 spiro atoms. The van der Waals surface area contributed by atoms with Gasteiger partial charge in [0.2, 0.25) is 0 Å². The molecule has 3 aliphatic heterocycles. The van der Waals surface area contributed by atoms with E-state index in [1.165, 1.54) is 18.2 Å². The van der Waals surface area contributed by atoms with Gasteiger partial charge in [-0.2, -0.15) is 13.2 Å². The van der Waals surface area contributed by atoms with Gasteiger partial charge in [0, 0.05) is 28.8 Å². The van der Waals surface area contributed by atoms with E-state index in [0.29, 0.717) is 25.4 Å². The van der Waals surface area contributed by atoms with E-state index in [4.69, 9.17) is 32.7 Å². The zero-order valence-electron chi connectivity index (χ0n) is 20.2. The molecule has 2 aromatic rings. The number of amides is 1. The summed E-state index contributed by atoms with van der Waals surface area (Å²) in [6.45, 7) is 6.55. The predicted octanol–water partition coefficient (Wildman–Crippen LogP) is 6.68. The second kappa shape index (κ2) is 8.43. The first kappa shape index (κ1) is 25.5. The maximum atomic E-state index is 14.5. The zero-order valence-corrected chi connectivity index (χ0v) is 21.7. The van der Waals surface area contributed by atoms with Crippen LogP contribution >= 0.6 is 23.2 Å². The van der Waals surface area contributed by atoms with Crippen molar-refractivity contribution in [1.29, 1.82) is 0 Å². The highest BCUT2D eigenvalue weighted by Gasteiger charge is 2.59. The Morgan fingerprint density at radius 2 is 1.69 bits per heavy atom. The topological polar surface area (TPSA) is 42.0 Å². The minimum atomic E-state index is -4.48. The van der Waals surface area contributed by atoms with Crippen LogP contribution in [-0.4, -0.2) is 48.9 Å². The van der Waals surface area contributed by atoms with Gasteiger partial charge in [-0.05, 0) is 74.2 Å². The van der Waals surface area contributed by atoms with Crippen LogP contribution in [0.5, 0.6) is 0 Å². The lowest BCUT2D eigenvalue weighted by atomic mass is 9.79. The summed E-state index contributed by atoms with van der Waals surface area (Å²) in [5, 5.41) is 0.362. The Hall–Kier alpha value is -2.16. The number of benzene rings is 2. The summed E-state index contributed by atoms with van der Waals surface area (Å²) < 4.78 is 54.9. The largest absolute Gasteiger partial charge is 0.444 e. The Bertz CT molecular complexity index is 1190. The molecule has 3 heterocycles. The number of ether oxygens (including phenoxy) is 2. The number of alkyl halides is 3. The number of carbonyl (C=O) groups is 1. The molecule has 5 nitrogen and oxygen atoms in total. The minimum absolute atomic E-state index is 0.0788. The van der Waals surface area contributed by atoms with Gasteiger partial charge in [-0.25, -0.2) is 4.79 Å². The summed E-state index contributed by atoms with van der Waals surface area (Å²) in [5.74, 6) is 0. The molecule has 1 atom stereocenters. The van der Waals surface area contributed by atoms with Gasteiger partial charge < -0.3 is 19.3 Å². The van der Waals surface area contributed by atoms with E-state index in [-0.39, 0.29) is 41.2 Å². The van der Waals surface area contributed by atoms with Gasteiger partial charge in [-0.1, -0.05) is 29.3 Å². The molecule has 0 aliphatic carbocycles. The molecule has 0 N–H and O–H groups in total. The second-order valence-electron chi connectivity index (χ2n) is 10.9. The summed E-state index contributed by atoms with van der Waals surface area (Å²) in [5.41, 5.74) is -0.572. The molecule has 0 aromatic heterocycles. The number of rotatable bonds is 2. The Labute approximate surface area is 218 Å². The standard InChI is InChI=1S/C26H27Cl2F3N2O3/c1-23(2,3)36-22(34)33-14-25(15-33)21-5-4-20(8-16(21)12-35-25)32-7-6-24(13-32,26(29,30)31)17-9-18(27)11-19(28)10-17/h4-5,8-11H,6-7,12-15H2,1-3H3/t24-/m0/s1. The number of hydrogen-bond acceptors (Lipinski definition) is 4. The lowest BCUT2D eigenvalue weighted by Crippen LogP contribution is -2.61. The fraction of sp³-hybridized carbons (Fsp3) is 0.500. The van der Waals surface area contributed by atoms with Crippen LogP contribution < -0.4 is 4.90 Å². The number of hydrogen-bond donors (Lipinski definition) is 0. The van der Waals surface area contributed by atoms with Gasteiger partial charge in [0.25, 0.3) is 0 Å². The molecule has 0 saturated carbocycles. The zero-order chi connectivity index (χ0) is 26.1. The van der Waals surface area contributed by atoms with E-state index in [0.717, 1.165) is 11.1 Å². The first-order valence-electron chi connectivity index (χ1n) is 11.8. The summed E-state index contributed by atoms with van der Waals surface area (Å²) in [4.78, 5) is 15.7. The summed E-state index contributed by atoms with van der Waals surface area (Å²) in [6.07, 6.45) is -4.96. The van der Waals surface area contributed by atoms with Crippen LogP contribution in [0.15, 0.2) is 36.4 Å². The van der Waals surface area contributed by atoms with Crippen molar-refractivity contribution in [2.24, 2.45) is 0 Å². The third kappa shape index (κ3) is 4.31. The average molecular weight is 543 g/mol. The lowest BCUT2D eigenvalue weighted by molar-refractivity contribution is -0.184. The van der Waals surface area contributed by atoms with Gasteiger partial charge in [0.1, 0.15) is 16.6 Å². The number of anilines is 1. The highest BCUT2D eigenvalue weighted by Crippen LogP contribution is 2.50. The Kier molecular flexibility index (Phi) is 5.97. The van der Waals surface area contributed by atoms with Crippen LogP contribution in [0.25, 0.3) is 0 Å². The van der Waals surface area contributed by atoms with Crippen LogP contribution in [-0.2, 0) is 27.1 Å². The molecule has 3 aliphatic rings. The smallest absolute Gasteiger partial charge is 0.410 e. The third-order valence-electron chi connectivity index (χ3n) is 7.22. The first-order chi connectivity index (χ1) is 16.7. The van der Waals surface area contributed by atoms with Crippen molar-refractivity contribution in [2.75, 3.05) is 31.1 Å². The van der Waals surface area contributed by atoms with Crippen LogP contribution in [0, 0.1) is 0 Å². The van der Waals surface area contributed by atoms with E-state index < -0.39 is 22.8 Å². The molecule has 2 fully saturated rings. The van der Waals surface area contributed by atoms with Crippen LogP contribution in [0.4, 0.5) is 23.7 Å². The molecule has 36 heavy (non-hydrogen) atoms. The third-order valence-corrected chi connectivity index (χ3v) is 7.66. The number of likely N-dealkylation sites (tertiary alicyclic amines) is 1. The van der Waals surface area contributed by atoms with Crippen molar-refractivity contribution >= 4 is 35.0 Å². The molecule has 0 unspecified atom stereocenters. The van der Waals surface area contributed by atoms with Crippen molar-refractivity contribution in [2.45, 2.75) is 56.6 Å². The van der Waals surface area contributed by atoms with Gasteiger partial charge in [0.15, 0.2) is 0 Å². The number of carbonyl (C=O) groups excluding carboxylic acids is 1. The molecular weight excluding hydrogens is 516 g/mol. The Morgan fingerprint density at radius 1 is 1.03 bits per heavy atom. The van der Waals surface area contributed by atoms with Crippen molar-refractivity contribution in [3.63, 3.8) is 0 Å². The van der Waals surface area contributed by atoms with Gasteiger partial charge >= 0.3 is 12.3 Å². The molecule has 2 aromatic carbocycles. The van der Waals surface area contributed by atoms with E-state index in [1.54, 1.807) is 9.80 Å². The average Bonchev–Trinajstić information content (AvgIpc) is 3.33. The normalized spacial score (nSPS) is 23.1. The highest BCUT2D eigenvalue weighted by molar-refractivity contribution is 6.34. The van der Waals surface area contributed by atoms with Gasteiger partial charge in [-0.15, -0.1) is 0 Å². The van der Waals surface area contributed by atoms with Crippen molar-refractivity contribution in [3.8, 4) is 0 Å². The summed E-state index contributed by atoms with van der Waals surface area (Å²) in [7, 11) is 0. The number of fused-ring (bicyclic) bond motifs is 2. The fourth-order valence-electron chi connectivity index (χ4n) is 5.41. The lowest BCUT2D eigenvalue weighted by Gasteiger charge is -2.47. The van der Waals surface area contributed by atoms with Crippen molar-refractivity contribution < 1.29 is 27.4 Å². The molecule has 0 bridgehead atoms. The van der Waals surface area contributed by atoms with Gasteiger partial charge in [-0.3, -0.25) is 0 Å². The van der Waals surface area contributed by atoms with E-state index in [1.807, 2.05) is 39.0 Å². The Balaban J connectivity index is 1.36. The van der Waals surface area contributed by atoms with Crippen molar-refractivity contribution in [3.05, 3.63) is 63.1 Å². The quantitative estimate of drug-likeness (QED) is 0.424. The predicted molar refractivity (Wildman–Crippen MR) is 132 cm³/mol. The second-order valence-corrected chi connectivity index (χ2v) is 11.7. The van der Waals surface area contributed by atoms with Crippen LogP contribution in [0.3, 0.4) is 0 Å². The SMILES string of the molecule is CC(C)(C)OC(=O)N1CC2(C1)OCc1cc(N3CC[C@](c4cc(Cl)cc(Cl)c4)(C(F)(F)F)C3)ccc12. The summed E-state index contributed by atoms with van der Waals surface area (Å²) in [6, 6.07) is 9.80. The van der Waals surface area contributed by atoms with Gasteiger partial charge in [0.05, 0.1) is 19.7 Å². The summed E-state index contributed by atoms with van der Waals surface area (Å²) >= 11 is 12.1. The molecular formula is C26H27Cl2F3N2O3. The fourth-order valence-corrected chi connectivity index (χ4v) is 5.94. The van der Waals surface area contributed by atoms with Crippen LogP contribution in [0.1, 0.15) is 43.9 Å². The molecule has 1 amide bonds. The number of nitrogens with zero attached hydrogens (tertiary/aromatic N) is 2. The molecule has 0 radical (unpaired) electrons. The first-order valence-corrected chi connectivity index (χ1v) is 12.5. The molecule has 10 heteroatoms. The monoisotopic (exact) mass is 542 g/mol. The number of halogens is 5. The Morgan fingerprint density at radius 3 is 2.31 bits per heavy atom. The molecule has 5 rings (SSSR count). The van der Waals surface area contributed by atoms with Crippen LogP contribution in [0.2, 0.25) is 10.0 Å². The molecule has 2 saturated heterocycles. The van der Waals surface area contributed by atoms with E-state index in [9.17, 15) is 18.0 Å². The minimum Gasteiger partial charge on any atom is -0.444 e. The van der Waals surface area contributed by atoms with E-state index in [2.05, 4.69) is 0 Å². The molecule has 194 valence electrons. The maximum Gasteiger partial charge on any atom is 0.410 e. The highest BCUT2D eigenvalue weighted by atomic mass is 35.5. The maximum absolute atomic E-state index is 14.5. The van der Waals surface area contributed by atoms with E-state index >= 15 is 0 Å².